The Morgan fingerprint density at radius 1 is 1.60 bits per heavy atom. The van der Waals surface area contributed by atoms with Crippen molar-refractivity contribution in [3.05, 3.63) is 33.1 Å². The summed E-state index contributed by atoms with van der Waals surface area (Å²) in [7, 11) is 0. The van der Waals surface area contributed by atoms with Crippen LogP contribution in [0.15, 0.2) is 12.3 Å². The molecule has 1 aliphatic heterocycles. The van der Waals surface area contributed by atoms with Crippen LogP contribution in [0, 0.1) is 10.1 Å². The maximum atomic E-state index is 12.6. The average Bonchev–Trinajstić information content (AvgIpc) is 2.37. The third kappa shape index (κ3) is 2.73. The summed E-state index contributed by atoms with van der Waals surface area (Å²) in [6, 6.07) is 1.23. The van der Waals surface area contributed by atoms with E-state index in [2.05, 4.69) is 4.98 Å². The molecule has 1 amide bonds. The van der Waals surface area contributed by atoms with Crippen molar-refractivity contribution < 1.29 is 14.5 Å². The predicted octanol–water partition coefficient (Wildman–Crippen LogP) is 1.89. The van der Waals surface area contributed by atoms with E-state index in [1.165, 1.54) is 6.07 Å². The summed E-state index contributed by atoms with van der Waals surface area (Å²) in [6.45, 7) is 4.85. The van der Waals surface area contributed by atoms with Gasteiger partial charge in [0.2, 0.25) is 0 Å². The summed E-state index contributed by atoms with van der Waals surface area (Å²) >= 11 is 5.75. The van der Waals surface area contributed by atoms with Gasteiger partial charge in [0.25, 0.3) is 11.6 Å². The molecule has 0 aromatic carbocycles. The summed E-state index contributed by atoms with van der Waals surface area (Å²) in [6.07, 6.45) is 1.00. The van der Waals surface area contributed by atoms with Crippen molar-refractivity contribution in [1.29, 1.82) is 0 Å². The molecule has 0 radical (unpaired) electrons. The first-order chi connectivity index (χ1) is 9.33. The third-order valence-corrected chi connectivity index (χ3v) is 3.37. The van der Waals surface area contributed by atoms with Crippen LogP contribution in [0.1, 0.15) is 24.2 Å². The second-order valence-electron chi connectivity index (χ2n) is 5.10. The molecule has 1 aromatic heterocycles. The number of carbonyl (C=O) groups is 1. The summed E-state index contributed by atoms with van der Waals surface area (Å²) in [5.41, 5.74) is -0.925. The van der Waals surface area contributed by atoms with Gasteiger partial charge in [-0.05, 0) is 19.9 Å². The molecule has 1 aliphatic rings. The molecule has 1 fully saturated rings. The molecular weight excluding hydrogens is 286 g/mol. The molecule has 0 spiro atoms. The highest BCUT2D eigenvalue weighted by Crippen LogP contribution is 2.27. The number of nitrogens with zero attached hydrogens (tertiary/aromatic N) is 3. The Hall–Kier alpha value is -1.73. The Labute approximate surface area is 120 Å². The van der Waals surface area contributed by atoms with Crippen molar-refractivity contribution in [2.24, 2.45) is 0 Å². The minimum Gasteiger partial charge on any atom is -0.377 e. The van der Waals surface area contributed by atoms with Gasteiger partial charge >= 0.3 is 0 Å². The number of rotatable bonds is 2. The molecule has 0 unspecified atom stereocenters. The van der Waals surface area contributed by atoms with Gasteiger partial charge in [-0.2, -0.15) is 0 Å². The Morgan fingerprint density at radius 3 is 2.90 bits per heavy atom. The van der Waals surface area contributed by atoms with Gasteiger partial charge in [0.15, 0.2) is 0 Å². The summed E-state index contributed by atoms with van der Waals surface area (Å²) in [4.78, 5) is 28.2. The van der Waals surface area contributed by atoms with Crippen LogP contribution in [-0.4, -0.2) is 46.0 Å². The first-order valence-electron chi connectivity index (χ1n) is 6.02. The number of aromatic nitrogens is 1. The maximum absolute atomic E-state index is 12.6. The second-order valence-corrected chi connectivity index (χ2v) is 5.49. The molecule has 108 valence electrons. The van der Waals surface area contributed by atoms with E-state index in [-0.39, 0.29) is 16.4 Å². The molecule has 2 rings (SSSR count). The summed E-state index contributed by atoms with van der Waals surface area (Å²) in [5.74, 6) is -0.436. The number of amides is 1. The van der Waals surface area contributed by atoms with E-state index in [1.54, 1.807) is 4.90 Å². The number of hydrogen-bond donors (Lipinski definition) is 0. The van der Waals surface area contributed by atoms with Crippen LogP contribution in [0.2, 0.25) is 5.15 Å². The van der Waals surface area contributed by atoms with Crippen LogP contribution in [-0.2, 0) is 4.74 Å². The van der Waals surface area contributed by atoms with E-state index in [0.29, 0.717) is 19.8 Å². The fourth-order valence-electron chi connectivity index (χ4n) is 2.12. The van der Waals surface area contributed by atoms with Crippen LogP contribution in [0.5, 0.6) is 0 Å². The summed E-state index contributed by atoms with van der Waals surface area (Å²) in [5, 5.41) is 11.1. The lowest BCUT2D eigenvalue weighted by Gasteiger charge is -2.42. The molecule has 8 heteroatoms. The number of ether oxygens (including phenoxy) is 1. The zero-order chi connectivity index (χ0) is 14.9. The van der Waals surface area contributed by atoms with Crippen LogP contribution in [0.25, 0.3) is 0 Å². The number of pyridine rings is 1. The molecule has 0 N–H and O–H groups in total. The van der Waals surface area contributed by atoms with Crippen molar-refractivity contribution in [3.8, 4) is 0 Å². The lowest BCUT2D eigenvalue weighted by molar-refractivity contribution is -0.385. The SMILES string of the molecule is CC1(C)COCCN1C(=O)c1cc(Cl)ncc1[N+](=O)[O-]. The highest BCUT2D eigenvalue weighted by Gasteiger charge is 2.37. The van der Waals surface area contributed by atoms with E-state index in [1.807, 2.05) is 13.8 Å². The average molecular weight is 300 g/mol. The number of halogens is 1. The zero-order valence-electron chi connectivity index (χ0n) is 11.1. The maximum Gasteiger partial charge on any atom is 0.300 e. The smallest absolute Gasteiger partial charge is 0.300 e. The Morgan fingerprint density at radius 2 is 2.30 bits per heavy atom. The van der Waals surface area contributed by atoms with E-state index in [4.69, 9.17) is 16.3 Å². The molecule has 1 saturated heterocycles. The molecule has 7 nitrogen and oxygen atoms in total. The molecule has 0 atom stereocenters. The standard InChI is InChI=1S/C12H14ClN3O4/c1-12(2)7-20-4-3-15(12)11(17)8-5-10(13)14-6-9(8)16(18)19/h5-6H,3-4,7H2,1-2H3. The normalized spacial score (nSPS) is 17.9. The molecule has 2 heterocycles. The van der Waals surface area contributed by atoms with Crippen molar-refractivity contribution in [2.75, 3.05) is 19.8 Å². The van der Waals surface area contributed by atoms with Gasteiger partial charge in [-0.1, -0.05) is 11.6 Å². The van der Waals surface area contributed by atoms with Crippen molar-refractivity contribution in [1.82, 2.24) is 9.88 Å². The molecule has 20 heavy (non-hydrogen) atoms. The third-order valence-electron chi connectivity index (χ3n) is 3.17. The van der Waals surface area contributed by atoms with E-state index in [9.17, 15) is 14.9 Å². The lowest BCUT2D eigenvalue weighted by atomic mass is 10.0. The number of morpholine rings is 1. The first kappa shape index (κ1) is 14.7. The van der Waals surface area contributed by atoms with Gasteiger partial charge < -0.3 is 9.64 Å². The molecular formula is C12H14ClN3O4. The highest BCUT2D eigenvalue weighted by atomic mass is 35.5. The van der Waals surface area contributed by atoms with Crippen molar-refractivity contribution in [2.45, 2.75) is 19.4 Å². The van der Waals surface area contributed by atoms with Crippen molar-refractivity contribution >= 4 is 23.2 Å². The van der Waals surface area contributed by atoms with Crippen LogP contribution >= 0.6 is 11.6 Å². The van der Waals surface area contributed by atoms with Crippen LogP contribution < -0.4 is 0 Å². The first-order valence-corrected chi connectivity index (χ1v) is 6.40. The Balaban J connectivity index is 2.42. The van der Waals surface area contributed by atoms with Gasteiger partial charge in [-0.25, -0.2) is 4.98 Å². The lowest BCUT2D eigenvalue weighted by Crippen LogP contribution is -2.55. The number of hydrogen-bond acceptors (Lipinski definition) is 5. The molecule has 1 aromatic rings. The predicted molar refractivity (Wildman–Crippen MR) is 71.8 cm³/mol. The fraction of sp³-hybridized carbons (Fsp3) is 0.500. The van der Waals surface area contributed by atoms with Crippen LogP contribution in [0.4, 0.5) is 5.69 Å². The van der Waals surface area contributed by atoms with E-state index < -0.39 is 16.4 Å². The monoisotopic (exact) mass is 299 g/mol. The van der Waals surface area contributed by atoms with Gasteiger partial charge in [0.05, 0.1) is 23.7 Å². The topological polar surface area (TPSA) is 85.6 Å². The quantitative estimate of drug-likeness (QED) is 0.473. The van der Waals surface area contributed by atoms with Crippen molar-refractivity contribution in [3.63, 3.8) is 0 Å². The molecule has 0 bridgehead atoms. The van der Waals surface area contributed by atoms with Gasteiger partial charge in [-0.3, -0.25) is 14.9 Å². The fourth-order valence-corrected chi connectivity index (χ4v) is 2.28. The molecule has 0 aliphatic carbocycles. The molecule has 0 saturated carbocycles. The number of carbonyl (C=O) groups excluding carboxylic acids is 1. The van der Waals surface area contributed by atoms with E-state index >= 15 is 0 Å². The Bertz CT molecular complexity index is 562. The van der Waals surface area contributed by atoms with Crippen LogP contribution in [0.3, 0.4) is 0 Å². The van der Waals surface area contributed by atoms with Gasteiger partial charge in [-0.15, -0.1) is 0 Å². The minimum atomic E-state index is -0.635. The summed E-state index contributed by atoms with van der Waals surface area (Å²) < 4.78 is 5.34. The Kier molecular flexibility index (Phi) is 3.92. The van der Waals surface area contributed by atoms with E-state index in [0.717, 1.165) is 6.20 Å². The second kappa shape index (κ2) is 5.34. The zero-order valence-corrected chi connectivity index (χ0v) is 11.9. The largest absolute Gasteiger partial charge is 0.377 e. The highest BCUT2D eigenvalue weighted by molar-refractivity contribution is 6.29. The minimum absolute atomic E-state index is 0.0463. The van der Waals surface area contributed by atoms with Gasteiger partial charge in [0, 0.05) is 6.54 Å². The number of nitro groups is 1. The van der Waals surface area contributed by atoms with Gasteiger partial charge in [0.1, 0.15) is 16.9 Å².